The van der Waals surface area contributed by atoms with Crippen LogP contribution in [0.2, 0.25) is 0 Å². The number of amides is 2. The van der Waals surface area contributed by atoms with E-state index in [1.807, 2.05) is 6.92 Å². The predicted octanol–water partition coefficient (Wildman–Crippen LogP) is -0.0810. The zero-order valence-electron chi connectivity index (χ0n) is 11.4. The molecule has 108 valence electrons. The maximum absolute atomic E-state index is 12.1. The minimum atomic E-state index is -0.507. The van der Waals surface area contributed by atoms with E-state index in [-0.39, 0.29) is 25.0 Å². The number of nitrogens with one attached hydrogen (secondary N) is 1. The van der Waals surface area contributed by atoms with Crippen molar-refractivity contribution in [1.82, 2.24) is 10.2 Å². The summed E-state index contributed by atoms with van der Waals surface area (Å²) in [6, 6.07) is -0.213. The number of hydrogen-bond donors (Lipinski definition) is 1. The maximum Gasteiger partial charge on any atom is 0.249 e. The molecule has 6 heteroatoms. The zero-order valence-corrected chi connectivity index (χ0v) is 11.4. The molecule has 1 aliphatic heterocycles. The van der Waals surface area contributed by atoms with Crippen LogP contribution < -0.4 is 5.32 Å². The summed E-state index contributed by atoms with van der Waals surface area (Å²) in [4.78, 5) is 25.7. The van der Waals surface area contributed by atoms with Crippen LogP contribution in [0, 0.1) is 0 Å². The molecular formula is C13H22N2O4. The van der Waals surface area contributed by atoms with Gasteiger partial charge in [-0.25, -0.2) is 0 Å². The Morgan fingerprint density at radius 1 is 1.42 bits per heavy atom. The Hall–Kier alpha value is -1.14. The third kappa shape index (κ3) is 4.18. The van der Waals surface area contributed by atoms with Crippen LogP contribution in [0.1, 0.15) is 26.2 Å². The van der Waals surface area contributed by atoms with Gasteiger partial charge in [-0.1, -0.05) is 6.92 Å². The lowest BCUT2D eigenvalue weighted by atomic mass is 10.2. The molecule has 0 aromatic rings. The minimum absolute atomic E-state index is 0.0427. The van der Waals surface area contributed by atoms with Crippen LogP contribution in [0.15, 0.2) is 0 Å². The molecule has 0 aromatic carbocycles. The Kier molecular flexibility index (Phi) is 5.15. The predicted molar refractivity (Wildman–Crippen MR) is 68.6 cm³/mol. The van der Waals surface area contributed by atoms with Crippen LogP contribution in [0.4, 0.5) is 0 Å². The quantitative estimate of drug-likeness (QED) is 0.685. The van der Waals surface area contributed by atoms with E-state index in [0.29, 0.717) is 25.8 Å². The second-order valence-corrected chi connectivity index (χ2v) is 5.01. The van der Waals surface area contributed by atoms with E-state index in [1.165, 1.54) is 0 Å². The van der Waals surface area contributed by atoms with E-state index in [1.54, 1.807) is 4.90 Å². The van der Waals surface area contributed by atoms with Crippen LogP contribution in [-0.4, -0.2) is 61.8 Å². The fourth-order valence-corrected chi connectivity index (χ4v) is 2.03. The van der Waals surface area contributed by atoms with Gasteiger partial charge < -0.3 is 19.7 Å². The third-order valence-corrected chi connectivity index (χ3v) is 3.25. The Balaban J connectivity index is 1.86. The van der Waals surface area contributed by atoms with Crippen LogP contribution in [0.5, 0.6) is 0 Å². The number of nitrogens with zero attached hydrogens (tertiary/aromatic N) is 1. The summed E-state index contributed by atoms with van der Waals surface area (Å²) in [7, 11) is 0. The van der Waals surface area contributed by atoms with Gasteiger partial charge in [0.05, 0.1) is 13.2 Å². The number of ether oxygens (including phenoxy) is 2. The van der Waals surface area contributed by atoms with E-state index in [0.717, 1.165) is 19.3 Å². The Morgan fingerprint density at radius 2 is 2.21 bits per heavy atom. The minimum Gasteiger partial charge on any atom is -0.377 e. The van der Waals surface area contributed by atoms with Crippen LogP contribution in [0.3, 0.4) is 0 Å². The molecule has 0 bridgehead atoms. The highest BCUT2D eigenvalue weighted by Crippen LogP contribution is 2.19. The van der Waals surface area contributed by atoms with Gasteiger partial charge in [-0.05, 0) is 19.3 Å². The average Bonchev–Trinajstić information content (AvgIpc) is 3.23. The molecule has 0 spiro atoms. The highest BCUT2D eigenvalue weighted by Gasteiger charge is 2.35. The molecule has 0 radical (unpaired) electrons. The summed E-state index contributed by atoms with van der Waals surface area (Å²) in [5, 5.41) is 2.92. The van der Waals surface area contributed by atoms with Crippen LogP contribution >= 0.6 is 0 Å². The second-order valence-electron chi connectivity index (χ2n) is 5.01. The molecule has 0 aromatic heterocycles. The molecule has 1 aliphatic carbocycles. The fourth-order valence-electron chi connectivity index (χ4n) is 2.03. The highest BCUT2D eigenvalue weighted by molar-refractivity contribution is 5.88. The molecule has 2 fully saturated rings. The lowest BCUT2D eigenvalue weighted by molar-refractivity contribution is -0.151. The molecule has 2 amide bonds. The van der Waals surface area contributed by atoms with E-state index in [4.69, 9.17) is 9.47 Å². The van der Waals surface area contributed by atoms with Crippen molar-refractivity contribution < 1.29 is 19.1 Å². The summed E-state index contributed by atoms with van der Waals surface area (Å²) in [6.45, 7) is 3.81. The average molecular weight is 270 g/mol. The first-order chi connectivity index (χ1) is 9.22. The topological polar surface area (TPSA) is 67.9 Å². The fraction of sp³-hybridized carbons (Fsp3) is 0.846. The number of morpholine rings is 1. The van der Waals surface area contributed by atoms with Gasteiger partial charge in [0.1, 0.15) is 12.6 Å². The van der Waals surface area contributed by atoms with Crippen LogP contribution in [0.25, 0.3) is 0 Å². The zero-order chi connectivity index (χ0) is 13.7. The van der Waals surface area contributed by atoms with Crippen molar-refractivity contribution in [2.24, 2.45) is 0 Å². The van der Waals surface area contributed by atoms with Gasteiger partial charge in [0.2, 0.25) is 11.8 Å². The normalized spacial score (nSPS) is 23.2. The van der Waals surface area contributed by atoms with E-state index >= 15 is 0 Å². The van der Waals surface area contributed by atoms with Gasteiger partial charge in [0, 0.05) is 19.2 Å². The lowest BCUT2D eigenvalue weighted by Gasteiger charge is -2.34. The summed E-state index contributed by atoms with van der Waals surface area (Å²) in [6.07, 6.45) is 2.95. The van der Waals surface area contributed by atoms with Gasteiger partial charge in [-0.15, -0.1) is 0 Å². The highest BCUT2D eigenvalue weighted by atomic mass is 16.5. The molecule has 1 unspecified atom stereocenters. The molecule has 1 atom stereocenters. The first kappa shape index (κ1) is 14.3. The molecule has 6 nitrogen and oxygen atoms in total. The van der Waals surface area contributed by atoms with E-state index in [9.17, 15) is 9.59 Å². The third-order valence-electron chi connectivity index (χ3n) is 3.25. The molecule has 1 saturated heterocycles. The monoisotopic (exact) mass is 270 g/mol. The van der Waals surface area contributed by atoms with Gasteiger partial charge in [0.15, 0.2) is 0 Å². The first-order valence-corrected chi connectivity index (χ1v) is 6.97. The van der Waals surface area contributed by atoms with E-state index < -0.39 is 6.04 Å². The van der Waals surface area contributed by atoms with Crippen molar-refractivity contribution in [2.75, 3.05) is 33.0 Å². The SMILES string of the molecule is CCCOCC(=O)N1CCOCC1C(=O)NC1CC1. The summed E-state index contributed by atoms with van der Waals surface area (Å²) in [5.41, 5.74) is 0. The van der Waals surface area contributed by atoms with Gasteiger partial charge in [-0.3, -0.25) is 9.59 Å². The Bertz CT molecular complexity index is 331. The van der Waals surface area contributed by atoms with Crippen LogP contribution in [-0.2, 0) is 19.1 Å². The molecule has 1 N–H and O–H groups in total. The van der Waals surface area contributed by atoms with Crippen molar-refractivity contribution in [2.45, 2.75) is 38.3 Å². The van der Waals surface area contributed by atoms with Gasteiger partial charge in [0.25, 0.3) is 0 Å². The maximum atomic E-state index is 12.1. The standard InChI is InChI=1S/C13H22N2O4/c1-2-6-18-9-12(16)15-5-7-19-8-11(15)13(17)14-10-3-4-10/h10-11H,2-9H2,1H3,(H,14,17). The van der Waals surface area contributed by atoms with Crippen molar-refractivity contribution in [3.63, 3.8) is 0 Å². The van der Waals surface area contributed by atoms with E-state index in [2.05, 4.69) is 5.32 Å². The second kappa shape index (κ2) is 6.86. The number of hydrogen-bond acceptors (Lipinski definition) is 4. The number of carbonyl (C=O) groups excluding carboxylic acids is 2. The van der Waals surface area contributed by atoms with Crippen molar-refractivity contribution in [3.8, 4) is 0 Å². The lowest BCUT2D eigenvalue weighted by Crippen LogP contribution is -2.57. The molecule has 1 saturated carbocycles. The summed E-state index contributed by atoms with van der Waals surface area (Å²) in [5.74, 6) is -0.237. The molecule has 2 aliphatic rings. The van der Waals surface area contributed by atoms with Gasteiger partial charge >= 0.3 is 0 Å². The Morgan fingerprint density at radius 3 is 2.89 bits per heavy atom. The molecular weight excluding hydrogens is 248 g/mol. The number of rotatable bonds is 6. The molecule has 2 rings (SSSR count). The summed E-state index contributed by atoms with van der Waals surface area (Å²) >= 11 is 0. The van der Waals surface area contributed by atoms with Gasteiger partial charge in [-0.2, -0.15) is 0 Å². The van der Waals surface area contributed by atoms with Crippen molar-refractivity contribution >= 4 is 11.8 Å². The van der Waals surface area contributed by atoms with Crippen molar-refractivity contribution in [3.05, 3.63) is 0 Å². The number of carbonyl (C=O) groups is 2. The first-order valence-electron chi connectivity index (χ1n) is 6.97. The molecule has 19 heavy (non-hydrogen) atoms. The Labute approximate surface area is 113 Å². The summed E-state index contributed by atoms with van der Waals surface area (Å²) < 4.78 is 10.6. The smallest absolute Gasteiger partial charge is 0.249 e. The molecule has 1 heterocycles. The van der Waals surface area contributed by atoms with Crippen molar-refractivity contribution in [1.29, 1.82) is 0 Å². The largest absolute Gasteiger partial charge is 0.377 e.